The van der Waals surface area contributed by atoms with Crippen molar-refractivity contribution in [1.82, 2.24) is 25.3 Å². The first-order chi connectivity index (χ1) is 15.5. The van der Waals surface area contributed by atoms with Crippen LogP contribution in [0.1, 0.15) is 32.7 Å². The van der Waals surface area contributed by atoms with E-state index < -0.39 is 0 Å². The summed E-state index contributed by atoms with van der Waals surface area (Å²) in [5, 5.41) is 3.18. The van der Waals surface area contributed by atoms with Crippen LogP contribution in [-0.2, 0) is 6.42 Å². The minimum absolute atomic E-state index is 0.154. The Bertz CT molecular complexity index is 1190. The summed E-state index contributed by atoms with van der Waals surface area (Å²) in [6.07, 6.45) is 4.06. The molecular formula is C24H24N6OS. The van der Waals surface area contributed by atoms with E-state index in [9.17, 15) is 4.79 Å². The number of hydrogen-bond donors (Lipinski definition) is 1. The van der Waals surface area contributed by atoms with Crippen molar-refractivity contribution in [3.05, 3.63) is 88.3 Å². The first-order valence-electron chi connectivity index (χ1n) is 10.2. The van der Waals surface area contributed by atoms with Gasteiger partial charge in [-0.2, -0.15) is 0 Å². The molecule has 1 aromatic carbocycles. The van der Waals surface area contributed by atoms with Crippen molar-refractivity contribution >= 4 is 23.1 Å². The molecule has 0 aliphatic rings. The molecular weight excluding hydrogens is 420 g/mol. The summed E-state index contributed by atoms with van der Waals surface area (Å²) in [4.78, 5) is 33.5. The minimum Gasteiger partial charge on any atom is -0.363 e. The van der Waals surface area contributed by atoms with Crippen LogP contribution in [0.5, 0.6) is 0 Å². The molecule has 0 aliphatic carbocycles. The summed E-state index contributed by atoms with van der Waals surface area (Å²) in [5.74, 6) is 1.18. The van der Waals surface area contributed by atoms with Crippen LogP contribution >= 0.6 is 11.3 Å². The van der Waals surface area contributed by atoms with Crippen molar-refractivity contribution in [2.24, 2.45) is 0 Å². The zero-order valence-corrected chi connectivity index (χ0v) is 19.0. The third-order valence-corrected chi connectivity index (χ3v) is 5.93. The molecule has 162 valence electrons. The van der Waals surface area contributed by atoms with E-state index in [0.717, 1.165) is 28.3 Å². The number of nitrogens with zero attached hydrogens (tertiary/aromatic N) is 5. The van der Waals surface area contributed by atoms with Gasteiger partial charge in [-0.15, -0.1) is 11.3 Å². The highest BCUT2D eigenvalue weighted by atomic mass is 32.1. The van der Waals surface area contributed by atoms with Crippen LogP contribution in [0.3, 0.4) is 0 Å². The number of hydrogen-bond acceptors (Lipinski definition) is 7. The van der Waals surface area contributed by atoms with Crippen LogP contribution < -0.4 is 10.2 Å². The second kappa shape index (κ2) is 9.65. The average Bonchev–Trinajstić information content (AvgIpc) is 3.25. The summed E-state index contributed by atoms with van der Waals surface area (Å²) in [7, 11) is 3.87. The molecule has 7 nitrogen and oxygen atoms in total. The van der Waals surface area contributed by atoms with Crippen molar-refractivity contribution in [2.75, 3.05) is 19.0 Å². The van der Waals surface area contributed by atoms with Gasteiger partial charge in [0.05, 0.1) is 22.9 Å². The fraction of sp³-hybridized carbons (Fsp3) is 0.208. The smallest absolute Gasteiger partial charge is 0.263 e. The highest BCUT2D eigenvalue weighted by Crippen LogP contribution is 2.25. The van der Waals surface area contributed by atoms with Gasteiger partial charge < -0.3 is 10.2 Å². The Labute approximate surface area is 191 Å². The first kappa shape index (κ1) is 21.6. The second-order valence-corrected chi connectivity index (χ2v) is 8.45. The zero-order chi connectivity index (χ0) is 22.5. The molecule has 0 saturated carbocycles. The summed E-state index contributed by atoms with van der Waals surface area (Å²) in [5.41, 5.74) is 5.07. The molecule has 4 rings (SSSR count). The summed E-state index contributed by atoms with van der Waals surface area (Å²) < 4.78 is 0. The van der Waals surface area contributed by atoms with E-state index in [2.05, 4.69) is 20.3 Å². The molecule has 0 radical (unpaired) electrons. The van der Waals surface area contributed by atoms with Gasteiger partial charge in [0.2, 0.25) is 0 Å². The average molecular weight is 445 g/mol. The number of pyridine rings is 1. The van der Waals surface area contributed by atoms with Crippen molar-refractivity contribution in [3.63, 3.8) is 0 Å². The molecule has 1 atom stereocenters. The van der Waals surface area contributed by atoms with Crippen LogP contribution in [0, 0.1) is 6.92 Å². The Kier molecular flexibility index (Phi) is 6.51. The first-order valence-corrected chi connectivity index (χ1v) is 11.1. The number of aromatic nitrogens is 4. The van der Waals surface area contributed by atoms with Crippen molar-refractivity contribution in [3.8, 4) is 11.4 Å². The van der Waals surface area contributed by atoms with Gasteiger partial charge in [-0.3, -0.25) is 9.78 Å². The lowest BCUT2D eigenvalue weighted by molar-refractivity contribution is 0.0939. The Hall–Kier alpha value is -3.65. The van der Waals surface area contributed by atoms with E-state index in [1.807, 2.05) is 74.4 Å². The number of thiazole rings is 1. The topological polar surface area (TPSA) is 83.9 Å². The van der Waals surface area contributed by atoms with E-state index in [1.54, 1.807) is 17.9 Å². The van der Waals surface area contributed by atoms with Crippen molar-refractivity contribution < 1.29 is 4.79 Å². The van der Waals surface area contributed by atoms with Crippen molar-refractivity contribution in [1.29, 1.82) is 0 Å². The normalized spacial score (nSPS) is 11.7. The standard InChI is InChI=1S/C24H24N6OS/c1-16-22(32-15-26-16)24(31)28-19(12-17-8-5-4-6-9-17)20-13-21(30(2)3)29-23(27-20)18-10-7-11-25-14-18/h4-11,13-15,19H,12H2,1-3H3,(H,28,31). The third kappa shape index (κ3) is 4.97. The maximum atomic E-state index is 13.1. The largest absolute Gasteiger partial charge is 0.363 e. The molecule has 4 aromatic rings. The van der Waals surface area contributed by atoms with Gasteiger partial charge in [0, 0.05) is 38.1 Å². The van der Waals surface area contributed by atoms with Gasteiger partial charge in [-0.05, 0) is 31.0 Å². The lowest BCUT2D eigenvalue weighted by Crippen LogP contribution is -2.31. The fourth-order valence-electron chi connectivity index (χ4n) is 3.31. The molecule has 8 heteroatoms. The molecule has 32 heavy (non-hydrogen) atoms. The number of carbonyl (C=O) groups excluding carboxylic acids is 1. The lowest BCUT2D eigenvalue weighted by atomic mass is 10.0. The second-order valence-electron chi connectivity index (χ2n) is 7.59. The van der Waals surface area contributed by atoms with E-state index in [0.29, 0.717) is 17.1 Å². The zero-order valence-electron chi connectivity index (χ0n) is 18.2. The van der Waals surface area contributed by atoms with Gasteiger partial charge in [-0.25, -0.2) is 15.0 Å². The SMILES string of the molecule is Cc1ncsc1C(=O)NC(Cc1ccccc1)c1cc(N(C)C)nc(-c2cccnc2)n1. The van der Waals surface area contributed by atoms with E-state index in [4.69, 9.17) is 4.98 Å². The number of anilines is 1. The number of nitrogens with one attached hydrogen (secondary N) is 1. The molecule has 3 heterocycles. The number of aryl methyl sites for hydroxylation is 1. The van der Waals surface area contributed by atoms with E-state index in [1.165, 1.54) is 11.3 Å². The summed E-state index contributed by atoms with van der Waals surface area (Å²) in [6.45, 7) is 1.84. The van der Waals surface area contributed by atoms with Gasteiger partial charge in [0.15, 0.2) is 5.82 Å². The molecule has 0 spiro atoms. The van der Waals surface area contributed by atoms with Gasteiger partial charge in [0.1, 0.15) is 10.7 Å². The number of rotatable bonds is 7. The van der Waals surface area contributed by atoms with Gasteiger partial charge in [-0.1, -0.05) is 30.3 Å². The van der Waals surface area contributed by atoms with E-state index >= 15 is 0 Å². The Morgan fingerprint density at radius 3 is 2.59 bits per heavy atom. The van der Waals surface area contributed by atoms with Gasteiger partial charge >= 0.3 is 0 Å². The van der Waals surface area contributed by atoms with Crippen molar-refractivity contribution in [2.45, 2.75) is 19.4 Å². The predicted molar refractivity (Wildman–Crippen MR) is 127 cm³/mol. The monoisotopic (exact) mass is 444 g/mol. The third-order valence-electron chi connectivity index (χ3n) is 5.01. The van der Waals surface area contributed by atoms with Crippen LogP contribution in [0.2, 0.25) is 0 Å². The molecule has 1 unspecified atom stereocenters. The number of carbonyl (C=O) groups is 1. The molecule has 0 aliphatic heterocycles. The predicted octanol–water partition coefficient (Wildman–Crippen LogP) is 4.08. The molecule has 0 saturated heterocycles. The van der Waals surface area contributed by atoms with Crippen LogP contribution in [0.4, 0.5) is 5.82 Å². The molecule has 1 N–H and O–H groups in total. The fourth-order valence-corrected chi connectivity index (χ4v) is 4.01. The van der Waals surface area contributed by atoms with Crippen LogP contribution in [0.15, 0.2) is 66.4 Å². The summed E-state index contributed by atoms with van der Waals surface area (Å²) >= 11 is 1.34. The Balaban J connectivity index is 1.76. The Morgan fingerprint density at radius 1 is 1.12 bits per heavy atom. The van der Waals surface area contributed by atoms with Gasteiger partial charge in [0.25, 0.3) is 5.91 Å². The van der Waals surface area contributed by atoms with Crippen LogP contribution in [0.25, 0.3) is 11.4 Å². The Morgan fingerprint density at radius 2 is 1.94 bits per heavy atom. The quantitative estimate of drug-likeness (QED) is 0.462. The maximum Gasteiger partial charge on any atom is 0.263 e. The highest BCUT2D eigenvalue weighted by Gasteiger charge is 2.22. The highest BCUT2D eigenvalue weighted by molar-refractivity contribution is 7.11. The van der Waals surface area contributed by atoms with E-state index in [-0.39, 0.29) is 11.9 Å². The number of benzene rings is 1. The maximum absolute atomic E-state index is 13.1. The molecule has 1 amide bonds. The van der Waals surface area contributed by atoms with Crippen LogP contribution in [-0.4, -0.2) is 39.9 Å². The minimum atomic E-state index is -0.344. The summed E-state index contributed by atoms with van der Waals surface area (Å²) in [6, 6.07) is 15.4. The molecule has 0 fully saturated rings. The number of amides is 1. The molecule has 3 aromatic heterocycles. The molecule has 0 bridgehead atoms. The lowest BCUT2D eigenvalue weighted by Gasteiger charge is -2.21.